The first-order valence-electron chi connectivity index (χ1n) is 7.20. The molecular weight excluding hydrogens is 308 g/mol. The van der Waals surface area contributed by atoms with Crippen molar-refractivity contribution in [2.24, 2.45) is 11.1 Å². The van der Waals surface area contributed by atoms with Crippen LogP contribution in [0.1, 0.15) is 55.5 Å². The van der Waals surface area contributed by atoms with Crippen LogP contribution in [0.4, 0.5) is 0 Å². The summed E-state index contributed by atoms with van der Waals surface area (Å²) in [5.41, 5.74) is 0.830. The molecule has 1 heterocycles. The summed E-state index contributed by atoms with van der Waals surface area (Å²) in [6, 6.07) is 0. The van der Waals surface area contributed by atoms with Crippen LogP contribution >= 0.6 is 11.3 Å². The number of carbonyl (C=O) groups excluding carboxylic acids is 1. The van der Waals surface area contributed by atoms with Gasteiger partial charge < -0.3 is 5.32 Å². The molecule has 0 aliphatic rings. The van der Waals surface area contributed by atoms with E-state index in [2.05, 4.69) is 19.2 Å². The number of unbranched alkanes of at least 4 members (excludes halogenated alkanes) is 1. The lowest BCUT2D eigenvalue weighted by Gasteiger charge is -2.15. The molecule has 0 spiro atoms. The standard InChI is InChI=1S/C14H24N2O3S2/c1-4-6-7-11(5-2)8-16-13(17)12-9-20-14(10(12)3)21(15,18)19/h9,11H,4-8H2,1-3H3,(H,16,17)(H2,15,18,19). The van der Waals surface area contributed by atoms with E-state index in [0.29, 0.717) is 23.6 Å². The van der Waals surface area contributed by atoms with Gasteiger partial charge in [0.05, 0.1) is 5.56 Å². The van der Waals surface area contributed by atoms with E-state index in [-0.39, 0.29) is 10.1 Å². The van der Waals surface area contributed by atoms with Crippen LogP contribution in [0.5, 0.6) is 0 Å². The fourth-order valence-corrected chi connectivity index (χ4v) is 4.19. The molecule has 0 aromatic carbocycles. The number of amides is 1. The summed E-state index contributed by atoms with van der Waals surface area (Å²) in [5.74, 6) is 0.235. The molecule has 0 fully saturated rings. The lowest BCUT2D eigenvalue weighted by atomic mass is 9.99. The van der Waals surface area contributed by atoms with E-state index >= 15 is 0 Å². The molecule has 0 saturated heterocycles. The third-order valence-corrected chi connectivity index (χ3v) is 6.27. The van der Waals surface area contributed by atoms with Gasteiger partial charge in [-0.1, -0.05) is 33.1 Å². The zero-order chi connectivity index (χ0) is 16.0. The average molecular weight is 332 g/mol. The van der Waals surface area contributed by atoms with Crippen LogP contribution in [0, 0.1) is 12.8 Å². The van der Waals surface area contributed by atoms with Crippen LogP contribution in [-0.2, 0) is 10.0 Å². The van der Waals surface area contributed by atoms with Crippen molar-refractivity contribution in [3.05, 3.63) is 16.5 Å². The number of carbonyl (C=O) groups is 1. The van der Waals surface area contributed by atoms with Crippen molar-refractivity contribution in [3.8, 4) is 0 Å². The Morgan fingerprint density at radius 1 is 1.43 bits per heavy atom. The van der Waals surface area contributed by atoms with Gasteiger partial charge in [-0.25, -0.2) is 13.6 Å². The molecule has 120 valence electrons. The van der Waals surface area contributed by atoms with Gasteiger partial charge in [-0.05, 0) is 24.8 Å². The van der Waals surface area contributed by atoms with Crippen LogP contribution in [0.25, 0.3) is 0 Å². The minimum absolute atomic E-state index is 0.0608. The molecule has 7 heteroatoms. The summed E-state index contributed by atoms with van der Waals surface area (Å²) in [6.07, 6.45) is 4.41. The number of nitrogens with two attached hydrogens (primary N) is 1. The second-order valence-electron chi connectivity index (χ2n) is 5.23. The Balaban J connectivity index is 2.70. The predicted molar refractivity (Wildman–Crippen MR) is 86.1 cm³/mol. The van der Waals surface area contributed by atoms with E-state index in [1.54, 1.807) is 12.3 Å². The van der Waals surface area contributed by atoms with Gasteiger partial charge in [0.25, 0.3) is 5.91 Å². The highest BCUT2D eigenvalue weighted by Crippen LogP contribution is 2.25. The smallest absolute Gasteiger partial charge is 0.252 e. The molecular formula is C14H24N2O3S2. The summed E-state index contributed by atoms with van der Waals surface area (Å²) in [7, 11) is -3.76. The molecule has 0 aliphatic heterocycles. The molecule has 0 aliphatic carbocycles. The number of hydrogen-bond donors (Lipinski definition) is 2. The molecule has 1 atom stereocenters. The van der Waals surface area contributed by atoms with E-state index in [4.69, 9.17) is 5.14 Å². The van der Waals surface area contributed by atoms with Crippen molar-refractivity contribution >= 4 is 27.3 Å². The van der Waals surface area contributed by atoms with E-state index in [0.717, 1.165) is 37.0 Å². The summed E-state index contributed by atoms with van der Waals surface area (Å²) in [6.45, 7) is 6.49. The Kier molecular flexibility index (Phi) is 6.83. The maximum absolute atomic E-state index is 12.2. The van der Waals surface area contributed by atoms with Gasteiger partial charge >= 0.3 is 0 Å². The SMILES string of the molecule is CCCCC(CC)CNC(=O)c1csc(S(N)(=O)=O)c1C. The van der Waals surface area contributed by atoms with Crippen LogP contribution in [0.2, 0.25) is 0 Å². The lowest BCUT2D eigenvalue weighted by molar-refractivity contribution is 0.0945. The normalized spacial score (nSPS) is 13.1. The maximum atomic E-state index is 12.2. The number of hydrogen-bond acceptors (Lipinski definition) is 4. The minimum atomic E-state index is -3.76. The second kappa shape index (κ2) is 7.91. The van der Waals surface area contributed by atoms with Gasteiger partial charge in [-0.3, -0.25) is 4.79 Å². The van der Waals surface area contributed by atoms with Crippen molar-refractivity contribution in [1.29, 1.82) is 0 Å². The highest BCUT2D eigenvalue weighted by molar-refractivity contribution is 7.91. The highest BCUT2D eigenvalue weighted by Gasteiger charge is 2.21. The van der Waals surface area contributed by atoms with Gasteiger partial charge in [0.15, 0.2) is 0 Å². The summed E-state index contributed by atoms with van der Waals surface area (Å²) in [4.78, 5) is 12.2. The molecule has 0 bridgehead atoms. The van der Waals surface area contributed by atoms with Crippen molar-refractivity contribution < 1.29 is 13.2 Å². The van der Waals surface area contributed by atoms with Crippen LogP contribution < -0.4 is 10.5 Å². The topological polar surface area (TPSA) is 89.3 Å². The summed E-state index contributed by atoms with van der Waals surface area (Å²) < 4.78 is 22.8. The number of rotatable bonds is 8. The monoisotopic (exact) mass is 332 g/mol. The predicted octanol–water partition coefficient (Wildman–Crippen LogP) is 2.65. The van der Waals surface area contributed by atoms with Crippen molar-refractivity contribution in [3.63, 3.8) is 0 Å². The zero-order valence-electron chi connectivity index (χ0n) is 12.8. The molecule has 3 N–H and O–H groups in total. The van der Waals surface area contributed by atoms with Gasteiger partial charge in [0.2, 0.25) is 10.0 Å². The van der Waals surface area contributed by atoms with Crippen LogP contribution in [0.15, 0.2) is 9.59 Å². The molecule has 1 aromatic heterocycles. The number of primary sulfonamides is 1. The van der Waals surface area contributed by atoms with E-state index in [1.807, 2.05) is 0 Å². The third-order valence-electron chi connectivity index (χ3n) is 3.59. The fourth-order valence-electron chi connectivity index (χ4n) is 2.18. The van der Waals surface area contributed by atoms with Crippen molar-refractivity contribution in [2.75, 3.05) is 6.54 Å². The molecule has 5 nitrogen and oxygen atoms in total. The van der Waals surface area contributed by atoms with Crippen LogP contribution in [-0.4, -0.2) is 20.9 Å². The Hall–Kier alpha value is -0.920. The Morgan fingerprint density at radius 3 is 2.57 bits per heavy atom. The molecule has 1 rings (SSSR count). The van der Waals surface area contributed by atoms with Crippen LogP contribution in [0.3, 0.4) is 0 Å². The molecule has 1 aromatic rings. The average Bonchev–Trinajstić information content (AvgIpc) is 2.80. The third kappa shape index (κ3) is 5.09. The van der Waals surface area contributed by atoms with Crippen molar-refractivity contribution in [2.45, 2.75) is 50.7 Å². The molecule has 21 heavy (non-hydrogen) atoms. The maximum Gasteiger partial charge on any atom is 0.252 e. The summed E-state index contributed by atoms with van der Waals surface area (Å²) >= 11 is 0.992. The van der Waals surface area contributed by atoms with E-state index < -0.39 is 10.0 Å². The largest absolute Gasteiger partial charge is 0.352 e. The van der Waals surface area contributed by atoms with E-state index in [9.17, 15) is 13.2 Å². The Bertz CT molecular complexity index is 579. The summed E-state index contributed by atoms with van der Waals surface area (Å²) in [5, 5.41) is 9.57. The van der Waals surface area contributed by atoms with Crippen molar-refractivity contribution in [1.82, 2.24) is 5.32 Å². The molecule has 1 amide bonds. The molecule has 0 radical (unpaired) electrons. The highest BCUT2D eigenvalue weighted by atomic mass is 32.2. The van der Waals surface area contributed by atoms with Gasteiger partial charge in [-0.15, -0.1) is 11.3 Å². The van der Waals surface area contributed by atoms with Gasteiger partial charge in [0.1, 0.15) is 4.21 Å². The zero-order valence-corrected chi connectivity index (χ0v) is 14.4. The van der Waals surface area contributed by atoms with Gasteiger partial charge in [-0.2, -0.15) is 0 Å². The Morgan fingerprint density at radius 2 is 2.10 bits per heavy atom. The first-order valence-corrected chi connectivity index (χ1v) is 9.62. The number of thiophene rings is 1. The minimum Gasteiger partial charge on any atom is -0.352 e. The van der Waals surface area contributed by atoms with Gasteiger partial charge in [0, 0.05) is 11.9 Å². The molecule has 0 saturated carbocycles. The Labute approximate surface area is 131 Å². The quantitative estimate of drug-likeness (QED) is 0.767. The molecule has 1 unspecified atom stereocenters. The second-order valence-corrected chi connectivity index (χ2v) is 7.87. The van der Waals surface area contributed by atoms with E-state index in [1.165, 1.54) is 0 Å². The first-order chi connectivity index (χ1) is 9.81. The first kappa shape index (κ1) is 18.1. The number of nitrogens with one attached hydrogen (secondary N) is 1. The fraction of sp³-hybridized carbons (Fsp3) is 0.643. The number of sulfonamides is 1. The lowest BCUT2D eigenvalue weighted by Crippen LogP contribution is -2.29.